The van der Waals surface area contributed by atoms with Crippen LogP contribution in [-0.2, 0) is 4.79 Å². The van der Waals surface area contributed by atoms with E-state index in [2.05, 4.69) is 18.8 Å². The smallest absolute Gasteiger partial charge is 0.231 e. The molecule has 0 aliphatic rings. The molecule has 4 nitrogen and oxygen atoms in total. The number of nitrogens with zero attached hydrogens (tertiary/aromatic N) is 2. The van der Waals surface area contributed by atoms with Gasteiger partial charge >= 0.3 is 0 Å². The first-order chi connectivity index (χ1) is 8.60. The van der Waals surface area contributed by atoms with Gasteiger partial charge in [0.1, 0.15) is 0 Å². The number of hydrogen-bond donors (Lipinski definition) is 1. The molecule has 1 aromatic rings. The maximum Gasteiger partial charge on any atom is 0.231 e. The number of aromatic nitrogens is 1. The van der Waals surface area contributed by atoms with Crippen molar-refractivity contribution in [1.29, 1.82) is 0 Å². The number of nitrogens with two attached hydrogens (primary N) is 1. The third-order valence-electron chi connectivity index (χ3n) is 2.95. The third kappa shape index (κ3) is 3.81. The summed E-state index contributed by atoms with van der Waals surface area (Å²) in [6, 6.07) is 3.70. The van der Waals surface area contributed by atoms with Crippen LogP contribution in [0, 0.1) is 11.8 Å². The fourth-order valence-electron chi connectivity index (χ4n) is 2.08. The van der Waals surface area contributed by atoms with Crippen molar-refractivity contribution in [3.8, 4) is 0 Å². The Morgan fingerprint density at radius 3 is 2.44 bits per heavy atom. The molecular formula is C14H23N3O. The number of hydrogen-bond acceptors (Lipinski definition) is 3. The summed E-state index contributed by atoms with van der Waals surface area (Å²) in [6.07, 6.45) is 4.23. The highest BCUT2D eigenvalue weighted by Gasteiger charge is 2.23. The molecule has 0 aliphatic carbocycles. The van der Waals surface area contributed by atoms with Gasteiger partial charge in [-0.05, 0) is 31.4 Å². The minimum atomic E-state index is -0.0990. The summed E-state index contributed by atoms with van der Waals surface area (Å²) in [7, 11) is 0. The maximum atomic E-state index is 12.5. The number of pyridine rings is 1. The lowest BCUT2D eigenvalue weighted by Crippen LogP contribution is -2.39. The normalized spacial score (nSPS) is 12.5. The van der Waals surface area contributed by atoms with Crippen molar-refractivity contribution in [1.82, 2.24) is 4.98 Å². The molecule has 1 rings (SSSR count). The van der Waals surface area contributed by atoms with Crippen LogP contribution in [0.15, 0.2) is 24.5 Å². The second kappa shape index (κ2) is 7.11. The summed E-state index contributed by atoms with van der Waals surface area (Å²) in [6.45, 7) is 7.24. The SMILES string of the molecule is CCN(C(=O)C(CN)CC(C)C)c1ccncc1. The minimum absolute atomic E-state index is 0.0990. The molecule has 0 spiro atoms. The van der Waals surface area contributed by atoms with E-state index < -0.39 is 0 Å². The van der Waals surface area contributed by atoms with Gasteiger partial charge in [-0.15, -0.1) is 0 Å². The Hall–Kier alpha value is -1.42. The highest BCUT2D eigenvalue weighted by molar-refractivity contribution is 5.95. The lowest BCUT2D eigenvalue weighted by molar-refractivity contribution is -0.122. The second-order valence-electron chi connectivity index (χ2n) is 4.85. The molecule has 1 unspecified atom stereocenters. The molecule has 4 heteroatoms. The second-order valence-corrected chi connectivity index (χ2v) is 4.85. The van der Waals surface area contributed by atoms with Crippen LogP contribution in [0.1, 0.15) is 27.2 Å². The molecule has 1 amide bonds. The molecule has 0 bridgehead atoms. The quantitative estimate of drug-likeness (QED) is 0.839. The number of rotatable bonds is 6. The van der Waals surface area contributed by atoms with Crippen LogP contribution in [0.2, 0.25) is 0 Å². The molecule has 0 aromatic carbocycles. The molecule has 0 radical (unpaired) electrons. The zero-order chi connectivity index (χ0) is 13.5. The first-order valence-corrected chi connectivity index (χ1v) is 6.51. The van der Waals surface area contributed by atoms with E-state index in [1.165, 1.54) is 0 Å². The van der Waals surface area contributed by atoms with Gasteiger partial charge in [-0.3, -0.25) is 9.78 Å². The largest absolute Gasteiger partial charge is 0.330 e. The highest BCUT2D eigenvalue weighted by atomic mass is 16.2. The molecule has 0 saturated heterocycles. The van der Waals surface area contributed by atoms with Gasteiger partial charge in [0.2, 0.25) is 5.91 Å². The Morgan fingerprint density at radius 1 is 1.39 bits per heavy atom. The van der Waals surface area contributed by atoms with Gasteiger partial charge in [0.05, 0.1) is 5.92 Å². The van der Waals surface area contributed by atoms with E-state index in [-0.39, 0.29) is 11.8 Å². The Balaban J connectivity index is 2.84. The summed E-state index contributed by atoms with van der Waals surface area (Å²) >= 11 is 0. The number of carbonyl (C=O) groups excluding carboxylic acids is 1. The van der Waals surface area contributed by atoms with Crippen molar-refractivity contribution in [2.45, 2.75) is 27.2 Å². The molecule has 0 fully saturated rings. The molecular weight excluding hydrogens is 226 g/mol. The summed E-state index contributed by atoms with van der Waals surface area (Å²) < 4.78 is 0. The van der Waals surface area contributed by atoms with Crippen LogP contribution in [0.25, 0.3) is 0 Å². The van der Waals surface area contributed by atoms with Crippen molar-refractivity contribution in [3.05, 3.63) is 24.5 Å². The zero-order valence-electron chi connectivity index (χ0n) is 11.5. The van der Waals surface area contributed by atoms with E-state index in [4.69, 9.17) is 5.73 Å². The third-order valence-corrected chi connectivity index (χ3v) is 2.95. The molecule has 1 heterocycles. The fourth-order valence-corrected chi connectivity index (χ4v) is 2.08. The molecule has 100 valence electrons. The van der Waals surface area contributed by atoms with Gasteiger partial charge in [-0.2, -0.15) is 0 Å². The minimum Gasteiger partial charge on any atom is -0.330 e. The molecule has 0 saturated carbocycles. The average Bonchev–Trinajstić information content (AvgIpc) is 2.37. The molecule has 18 heavy (non-hydrogen) atoms. The summed E-state index contributed by atoms with van der Waals surface area (Å²) in [5, 5.41) is 0. The molecule has 1 atom stereocenters. The Bertz CT molecular complexity index is 365. The maximum absolute atomic E-state index is 12.5. The lowest BCUT2D eigenvalue weighted by Gasteiger charge is -2.26. The number of amides is 1. The first-order valence-electron chi connectivity index (χ1n) is 6.51. The van der Waals surface area contributed by atoms with Crippen LogP contribution < -0.4 is 10.6 Å². The van der Waals surface area contributed by atoms with Crippen LogP contribution in [-0.4, -0.2) is 24.0 Å². The Kier molecular flexibility index (Phi) is 5.78. The average molecular weight is 249 g/mol. The van der Waals surface area contributed by atoms with Gasteiger partial charge in [0.25, 0.3) is 0 Å². The molecule has 2 N–H and O–H groups in total. The van der Waals surface area contributed by atoms with E-state index in [0.29, 0.717) is 19.0 Å². The van der Waals surface area contributed by atoms with Gasteiger partial charge < -0.3 is 10.6 Å². The van der Waals surface area contributed by atoms with E-state index >= 15 is 0 Å². The number of carbonyl (C=O) groups is 1. The van der Waals surface area contributed by atoms with Gasteiger partial charge in [0, 0.05) is 31.2 Å². The van der Waals surface area contributed by atoms with Crippen molar-refractivity contribution < 1.29 is 4.79 Å². The van der Waals surface area contributed by atoms with Crippen molar-refractivity contribution >= 4 is 11.6 Å². The zero-order valence-corrected chi connectivity index (χ0v) is 11.5. The Morgan fingerprint density at radius 2 is 2.00 bits per heavy atom. The fraction of sp³-hybridized carbons (Fsp3) is 0.571. The van der Waals surface area contributed by atoms with Crippen molar-refractivity contribution in [3.63, 3.8) is 0 Å². The first kappa shape index (κ1) is 14.6. The predicted octanol–water partition coefficient (Wildman–Crippen LogP) is 2.06. The van der Waals surface area contributed by atoms with Crippen molar-refractivity contribution in [2.24, 2.45) is 17.6 Å². The topological polar surface area (TPSA) is 59.2 Å². The van der Waals surface area contributed by atoms with Crippen LogP contribution in [0.5, 0.6) is 0 Å². The standard InChI is InChI=1S/C14H23N3O/c1-4-17(13-5-7-16-8-6-13)14(18)12(10-15)9-11(2)3/h5-8,11-12H,4,9-10,15H2,1-3H3. The van der Waals surface area contributed by atoms with Crippen LogP contribution in [0.3, 0.4) is 0 Å². The van der Waals surface area contributed by atoms with Gasteiger partial charge in [-0.25, -0.2) is 0 Å². The van der Waals surface area contributed by atoms with Crippen LogP contribution >= 0.6 is 0 Å². The monoisotopic (exact) mass is 249 g/mol. The van der Waals surface area contributed by atoms with E-state index in [1.54, 1.807) is 17.3 Å². The van der Waals surface area contributed by atoms with E-state index in [9.17, 15) is 4.79 Å². The lowest BCUT2D eigenvalue weighted by atomic mass is 9.95. The van der Waals surface area contributed by atoms with Gasteiger partial charge in [0.15, 0.2) is 0 Å². The highest BCUT2D eigenvalue weighted by Crippen LogP contribution is 2.19. The predicted molar refractivity (Wildman–Crippen MR) is 74.3 cm³/mol. The van der Waals surface area contributed by atoms with E-state index in [1.807, 2.05) is 19.1 Å². The summed E-state index contributed by atoms with van der Waals surface area (Å²) in [5.74, 6) is 0.483. The summed E-state index contributed by atoms with van der Waals surface area (Å²) in [4.78, 5) is 18.2. The molecule has 0 aliphatic heterocycles. The molecule has 1 aromatic heterocycles. The van der Waals surface area contributed by atoms with Gasteiger partial charge in [-0.1, -0.05) is 13.8 Å². The Labute approximate surface area is 109 Å². The van der Waals surface area contributed by atoms with E-state index in [0.717, 1.165) is 12.1 Å². The summed E-state index contributed by atoms with van der Waals surface area (Å²) in [5.41, 5.74) is 6.62. The number of anilines is 1. The van der Waals surface area contributed by atoms with Crippen LogP contribution in [0.4, 0.5) is 5.69 Å². The van der Waals surface area contributed by atoms with Crippen molar-refractivity contribution in [2.75, 3.05) is 18.0 Å².